The van der Waals surface area contributed by atoms with Crippen LogP contribution in [0.3, 0.4) is 0 Å². The lowest BCUT2D eigenvalue weighted by atomic mass is 10.1. The minimum absolute atomic E-state index is 0.287. The van der Waals surface area contributed by atoms with Crippen LogP contribution in [0.2, 0.25) is 5.02 Å². The van der Waals surface area contributed by atoms with Crippen LogP contribution in [-0.4, -0.2) is 43.2 Å². The van der Waals surface area contributed by atoms with E-state index in [2.05, 4.69) is 4.90 Å². The van der Waals surface area contributed by atoms with E-state index in [-0.39, 0.29) is 4.99 Å². The van der Waals surface area contributed by atoms with Crippen molar-refractivity contribution >= 4 is 28.8 Å². The summed E-state index contributed by atoms with van der Waals surface area (Å²) in [4.78, 5) is 2.70. The summed E-state index contributed by atoms with van der Waals surface area (Å²) >= 11 is 11.2. The molecule has 1 saturated heterocycles. The number of benzene rings is 1. The van der Waals surface area contributed by atoms with E-state index in [9.17, 15) is 0 Å². The van der Waals surface area contributed by atoms with E-state index in [4.69, 9.17) is 39.0 Å². The van der Waals surface area contributed by atoms with Gasteiger partial charge in [0.05, 0.1) is 12.1 Å². The fourth-order valence-corrected chi connectivity index (χ4v) is 2.85. The number of nitrogens with zero attached hydrogens (tertiary/aromatic N) is 1. The van der Waals surface area contributed by atoms with Crippen LogP contribution in [0.15, 0.2) is 12.1 Å². The van der Waals surface area contributed by atoms with Gasteiger partial charge in [0.25, 0.3) is 0 Å². The highest BCUT2D eigenvalue weighted by Gasteiger charge is 2.14. The van der Waals surface area contributed by atoms with Crippen molar-refractivity contribution in [1.29, 1.82) is 0 Å². The Bertz CT molecular complexity index is 505. The van der Waals surface area contributed by atoms with Crippen molar-refractivity contribution in [3.8, 4) is 11.5 Å². The molecule has 1 aromatic rings. The van der Waals surface area contributed by atoms with E-state index in [1.807, 2.05) is 0 Å². The first kappa shape index (κ1) is 16.3. The summed E-state index contributed by atoms with van der Waals surface area (Å²) in [7, 11) is 1.58. The molecule has 116 valence electrons. The number of piperidine rings is 1. The Labute approximate surface area is 136 Å². The predicted octanol–water partition coefficient (Wildman–Crippen LogP) is 2.85. The Kier molecular flexibility index (Phi) is 6.08. The standard InChI is InChI=1S/C15H21ClN2O2S/c1-19-13-10-11(15(17)21)9-12(16)14(13)20-8-7-18-5-3-2-4-6-18/h9-10H,2-8H2,1H3,(H2,17,21). The Balaban J connectivity index is 1.99. The van der Waals surface area contributed by atoms with Gasteiger partial charge >= 0.3 is 0 Å². The van der Waals surface area contributed by atoms with Crippen LogP contribution in [0.25, 0.3) is 0 Å². The summed E-state index contributed by atoms with van der Waals surface area (Å²) in [6, 6.07) is 3.47. The van der Waals surface area contributed by atoms with Crippen molar-refractivity contribution < 1.29 is 9.47 Å². The second-order valence-electron chi connectivity index (χ2n) is 5.10. The van der Waals surface area contributed by atoms with E-state index in [1.54, 1.807) is 19.2 Å². The first-order valence-electron chi connectivity index (χ1n) is 7.14. The smallest absolute Gasteiger partial charge is 0.179 e. The van der Waals surface area contributed by atoms with Crippen LogP contribution < -0.4 is 15.2 Å². The maximum atomic E-state index is 6.25. The third kappa shape index (κ3) is 4.46. The quantitative estimate of drug-likeness (QED) is 0.814. The van der Waals surface area contributed by atoms with Gasteiger partial charge in [-0.05, 0) is 38.1 Å². The van der Waals surface area contributed by atoms with Gasteiger partial charge in [0.2, 0.25) is 0 Å². The highest BCUT2D eigenvalue weighted by atomic mass is 35.5. The SMILES string of the molecule is COc1cc(C(N)=S)cc(Cl)c1OCCN1CCCCC1. The lowest BCUT2D eigenvalue weighted by Gasteiger charge is -2.26. The van der Waals surface area contributed by atoms with Crippen LogP contribution in [0, 0.1) is 0 Å². The van der Waals surface area contributed by atoms with E-state index in [0.29, 0.717) is 28.7 Å². The van der Waals surface area contributed by atoms with E-state index >= 15 is 0 Å². The number of hydrogen-bond donors (Lipinski definition) is 1. The lowest BCUT2D eigenvalue weighted by molar-refractivity contribution is 0.180. The zero-order chi connectivity index (χ0) is 15.2. The first-order chi connectivity index (χ1) is 10.1. The molecule has 0 atom stereocenters. The van der Waals surface area contributed by atoms with Crippen LogP contribution in [-0.2, 0) is 0 Å². The summed E-state index contributed by atoms with van der Waals surface area (Å²) in [6.45, 7) is 3.78. The second-order valence-corrected chi connectivity index (χ2v) is 5.95. The molecule has 21 heavy (non-hydrogen) atoms. The first-order valence-corrected chi connectivity index (χ1v) is 7.93. The minimum Gasteiger partial charge on any atom is -0.493 e. The lowest BCUT2D eigenvalue weighted by Crippen LogP contribution is -2.33. The number of ether oxygens (including phenoxy) is 2. The summed E-state index contributed by atoms with van der Waals surface area (Å²) in [5, 5.41) is 0.468. The van der Waals surface area contributed by atoms with Crippen molar-refractivity contribution in [1.82, 2.24) is 4.90 Å². The molecule has 1 fully saturated rings. The zero-order valence-corrected chi connectivity index (χ0v) is 13.8. The van der Waals surface area contributed by atoms with Crippen molar-refractivity contribution in [2.75, 3.05) is 33.4 Å². The van der Waals surface area contributed by atoms with Crippen molar-refractivity contribution in [3.05, 3.63) is 22.7 Å². The van der Waals surface area contributed by atoms with Gasteiger partial charge in [0.1, 0.15) is 11.6 Å². The number of likely N-dealkylation sites (tertiary alicyclic amines) is 1. The molecule has 0 saturated carbocycles. The molecule has 2 N–H and O–H groups in total. The molecule has 6 heteroatoms. The van der Waals surface area contributed by atoms with Gasteiger partial charge in [-0.1, -0.05) is 30.2 Å². The Morgan fingerprint density at radius 2 is 2.05 bits per heavy atom. The Morgan fingerprint density at radius 1 is 1.33 bits per heavy atom. The summed E-state index contributed by atoms with van der Waals surface area (Å²) in [5.41, 5.74) is 6.30. The van der Waals surface area contributed by atoms with Crippen molar-refractivity contribution in [2.45, 2.75) is 19.3 Å². The molecule has 1 heterocycles. The second kappa shape index (κ2) is 7.82. The number of nitrogens with two attached hydrogens (primary N) is 1. The molecular weight excluding hydrogens is 308 g/mol. The van der Waals surface area contributed by atoms with Gasteiger partial charge in [-0.3, -0.25) is 4.90 Å². The van der Waals surface area contributed by atoms with Crippen LogP contribution in [0.4, 0.5) is 0 Å². The van der Waals surface area contributed by atoms with Crippen LogP contribution in [0.1, 0.15) is 24.8 Å². The maximum absolute atomic E-state index is 6.25. The largest absolute Gasteiger partial charge is 0.493 e. The number of halogens is 1. The van der Waals surface area contributed by atoms with Gasteiger partial charge in [-0.15, -0.1) is 0 Å². The third-order valence-electron chi connectivity index (χ3n) is 3.62. The monoisotopic (exact) mass is 328 g/mol. The normalized spacial score (nSPS) is 15.7. The molecule has 0 unspecified atom stereocenters. The molecule has 0 spiro atoms. The van der Waals surface area contributed by atoms with Gasteiger partial charge in [-0.25, -0.2) is 0 Å². The van der Waals surface area contributed by atoms with Gasteiger partial charge in [0, 0.05) is 12.1 Å². The average Bonchev–Trinajstić information content (AvgIpc) is 2.49. The number of methoxy groups -OCH3 is 1. The highest BCUT2D eigenvalue weighted by Crippen LogP contribution is 2.36. The van der Waals surface area contributed by atoms with Crippen LogP contribution in [0.5, 0.6) is 11.5 Å². The van der Waals surface area contributed by atoms with Crippen LogP contribution >= 0.6 is 23.8 Å². The van der Waals surface area contributed by atoms with Gasteiger partial charge in [0.15, 0.2) is 11.5 Å². The molecule has 1 aromatic carbocycles. The molecule has 0 aromatic heterocycles. The zero-order valence-electron chi connectivity index (χ0n) is 12.2. The molecule has 1 aliphatic rings. The molecule has 4 nitrogen and oxygen atoms in total. The Hall–Kier alpha value is -1.04. The summed E-state index contributed by atoms with van der Waals surface area (Å²) < 4.78 is 11.1. The van der Waals surface area contributed by atoms with E-state index in [1.165, 1.54) is 19.3 Å². The number of hydrogen-bond acceptors (Lipinski definition) is 4. The van der Waals surface area contributed by atoms with Gasteiger partial charge in [-0.2, -0.15) is 0 Å². The number of rotatable bonds is 6. The summed E-state index contributed by atoms with van der Waals surface area (Å²) in [5.74, 6) is 1.11. The molecule has 2 rings (SSSR count). The number of thiocarbonyl (C=S) groups is 1. The fraction of sp³-hybridized carbons (Fsp3) is 0.533. The maximum Gasteiger partial charge on any atom is 0.179 e. The molecule has 0 bridgehead atoms. The van der Waals surface area contributed by atoms with E-state index in [0.717, 1.165) is 19.6 Å². The third-order valence-corrected chi connectivity index (χ3v) is 4.13. The van der Waals surface area contributed by atoms with Crippen molar-refractivity contribution in [3.63, 3.8) is 0 Å². The predicted molar refractivity (Wildman–Crippen MR) is 89.7 cm³/mol. The molecule has 1 aliphatic heterocycles. The average molecular weight is 329 g/mol. The Morgan fingerprint density at radius 3 is 2.67 bits per heavy atom. The molecule has 0 radical (unpaired) electrons. The van der Waals surface area contributed by atoms with Crippen molar-refractivity contribution in [2.24, 2.45) is 5.73 Å². The van der Waals surface area contributed by atoms with Gasteiger partial charge < -0.3 is 15.2 Å². The fourth-order valence-electron chi connectivity index (χ4n) is 2.46. The summed E-state index contributed by atoms with van der Waals surface area (Å²) in [6.07, 6.45) is 3.87. The molecular formula is C15H21ClN2O2S. The molecule has 0 amide bonds. The highest BCUT2D eigenvalue weighted by molar-refractivity contribution is 7.80. The van der Waals surface area contributed by atoms with E-state index < -0.39 is 0 Å². The molecule has 0 aliphatic carbocycles. The topological polar surface area (TPSA) is 47.7 Å². The minimum atomic E-state index is 0.287.